The molecule has 0 bridgehead atoms. The number of ether oxygens (including phenoxy) is 2. The van der Waals surface area contributed by atoms with Crippen LogP contribution in [0.15, 0.2) is 71.6 Å². The summed E-state index contributed by atoms with van der Waals surface area (Å²) in [4.78, 5) is 24.4. The van der Waals surface area contributed by atoms with Crippen LogP contribution in [-0.2, 0) is 32.5 Å². The maximum atomic E-state index is 13.1. The Bertz CT molecular complexity index is 1290. The van der Waals surface area contributed by atoms with Crippen molar-refractivity contribution in [2.75, 3.05) is 19.5 Å². The van der Waals surface area contributed by atoms with E-state index in [1.54, 1.807) is 48.5 Å². The van der Waals surface area contributed by atoms with E-state index in [1.165, 1.54) is 25.3 Å². The summed E-state index contributed by atoms with van der Waals surface area (Å²) >= 11 is 6.10. The number of hydrogen-bond acceptors (Lipinski definition) is 6. The number of methoxy groups -OCH3 is 2. The number of hydrogen-bond donors (Lipinski definition) is 2. The minimum atomic E-state index is -4.14. The molecule has 0 aliphatic rings. The Kier molecular flexibility index (Phi) is 8.27. The number of benzene rings is 3. The van der Waals surface area contributed by atoms with Crippen LogP contribution in [-0.4, -0.2) is 34.5 Å². The fraction of sp³-hybridized carbons (Fsp3) is 0.167. The second kappa shape index (κ2) is 11.1. The van der Waals surface area contributed by atoms with Gasteiger partial charge in [-0.25, -0.2) is 17.9 Å². The van der Waals surface area contributed by atoms with Gasteiger partial charge in [0.05, 0.1) is 31.1 Å². The van der Waals surface area contributed by atoms with Crippen molar-refractivity contribution in [1.82, 2.24) is 4.72 Å². The molecule has 0 radical (unpaired) electrons. The van der Waals surface area contributed by atoms with E-state index in [2.05, 4.69) is 10.0 Å². The normalized spacial score (nSPS) is 11.0. The number of rotatable bonds is 9. The number of amides is 1. The zero-order chi connectivity index (χ0) is 24.7. The van der Waals surface area contributed by atoms with E-state index in [0.717, 1.165) is 7.11 Å². The quantitative estimate of drug-likeness (QED) is 0.431. The summed E-state index contributed by atoms with van der Waals surface area (Å²) in [6.45, 7) is -0.0178. The lowest BCUT2D eigenvalue weighted by Gasteiger charge is -2.13. The first kappa shape index (κ1) is 25.2. The molecule has 1 amide bonds. The summed E-state index contributed by atoms with van der Waals surface area (Å²) < 4.78 is 38.4. The van der Waals surface area contributed by atoms with Crippen molar-refractivity contribution in [2.45, 2.75) is 17.9 Å². The van der Waals surface area contributed by atoms with Crippen molar-refractivity contribution in [3.05, 3.63) is 88.4 Å². The van der Waals surface area contributed by atoms with E-state index in [-0.39, 0.29) is 29.1 Å². The third kappa shape index (κ3) is 6.34. The van der Waals surface area contributed by atoms with Gasteiger partial charge in [-0.05, 0) is 47.5 Å². The van der Waals surface area contributed by atoms with Crippen LogP contribution in [0.3, 0.4) is 0 Å². The summed E-state index contributed by atoms with van der Waals surface area (Å²) in [5.74, 6) is -0.577. The third-order valence-electron chi connectivity index (χ3n) is 4.89. The summed E-state index contributed by atoms with van der Waals surface area (Å²) in [5.41, 5.74) is 1.36. The minimum absolute atomic E-state index is 0.00374. The van der Waals surface area contributed by atoms with Gasteiger partial charge in [-0.3, -0.25) is 4.79 Å². The van der Waals surface area contributed by atoms with E-state index >= 15 is 0 Å². The molecule has 0 fully saturated rings. The lowest BCUT2D eigenvalue weighted by molar-refractivity contribution is -0.115. The Morgan fingerprint density at radius 3 is 2.32 bits per heavy atom. The molecule has 3 rings (SSSR count). The molecule has 8 nitrogen and oxygen atoms in total. The highest BCUT2D eigenvalue weighted by molar-refractivity contribution is 7.89. The van der Waals surface area contributed by atoms with E-state index in [1.807, 2.05) is 0 Å². The van der Waals surface area contributed by atoms with Gasteiger partial charge in [0, 0.05) is 17.3 Å². The third-order valence-corrected chi connectivity index (χ3v) is 6.70. The number of esters is 1. The molecule has 10 heteroatoms. The molecule has 0 atom stereocenters. The van der Waals surface area contributed by atoms with Gasteiger partial charge in [-0.15, -0.1) is 0 Å². The van der Waals surface area contributed by atoms with Gasteiger partial charge in [0.25, 0.3) is 0 Å². The monoisotopic (exact) mass is 502 g/mol. The zero-order valence-corrected chi connectivity index (χ0v) is 20.1. The Hall–Kier alpha value is -3.40. The molecule has 0 saturated heterocycles. The Morgan fingerprint density at radius 1 is 0.971 bits per heavy atom. The summed E-state index contributed by atoms with van der Waals surface area (Å²) in [7, 11) is -1.45. The maximum Gasteiger partial charge on any atom is 0.339 e. The first-order chi connectivity index (χ1) is 16.2. The van der Waals surface area contributed by atoms with Crippen LogP contribution >= 0.6 is 11.6 Å². The molecule has 3 aromatic carbocycles. The van der Waals surface area contributed by atoms with Crippen LogP contribution in [0.5, 0.6) is 5.75 Å². The van der Waals surface area contributed by atoms with Gasteiger partial charge in [0.1, 0.15) is 5.75 Å². The SMILES string of the molecule is COC(=O)c1ccc(NC(=O)Cc2ccccc2Cl)cc1S(=O)(=O)NCc1ccc(OC)cc1. The zero-order valence-electron chi connectivity index (χ0n) is 18.5. The van der Waals surface area contributed by atoms with Crippen molar-refractivity contribution < 1.29 is 27.5 Å². The van der Waals surface area contributed by atoms with Crippen molar-refractivity contribution in [1.29, 1.82) is 0 Å². The molecule has 3 aromatic rings. The molecular weight excluding hydrogens is 480 g/mol. The van der Waals surface area contributed by atoms with Gasteiger partial charge in [0.2, 0.25) is 15.9 Å². The molecule has 0 saturated carbocycles. The average molecular weight is 503 g/mol. The number of sulfonamides is 1. The standard InChI is InChI=1S/C24H23ClN2O6S/c1-32-19-10-7-16(8-11-19)15-26-34(30,31)22-14-18(9-12-20(22)24(29)33-2)27-23(28)13-17-5-3-4-6-21(17)25/h3-12,14,26H,13,15H2,1-2H3,(H,27,28). The number of nitrogens with one attached hydrogen (secondary N) is 2. The van der Waals surface area contributed by atoms with Crippen LogP contribution < -0.4 is 14.8 Å². The molecule has 0 aliphatic heterocycles. The Morgan fingerprint density at radius 2 is 1.68 bits per heavy atom. The van der Waals surface area contributed by atoms with Gasteiger partial charge >= 0.3 is 5.97 Å². The molecule has 34 heavy (non-hydrogen) atoms. The molecule has 0 aromatic heterocycles. The lowest BCUT2D eigenvalue weighted by atomic mass is 10.1. The van der Waals surface area contributed by atoms with E-state index in [9.17, 15) is 18.0 Å². The fourth-order valence-electron chi connectivity index (χ4n) is 3.12. The smallest absolute Gasteiger partial charge is 0.339 e. The van der Waals surface area contributed by atoms with Crippen LogP contribution in [0, 0.1) is 0 Å². The molecule has 0 aliphatic carbocycles. The minimum Gasteiger partial charge on any atom is -0.497 e. The first-order valence-corrected chi connectivity index (χ1v) is 12.0. The average Bonchev–Trinajstić information content (AvgIpc) is 2.84. The van der Waals surface area contributed by atoms with Crippen LogP contribution in [0.1, 0.15) is 21.5 Å². The van der Waals surface area contributed by atoms with Gasteiger partial charge < -0.3 is 14.8 Å². The van der Waals surface area contributed by atoms with Crippen molar-refractivity contribution >= 4 is 39.2 Å². The van der Waals surface area contributed by atoms with E-state index in [4.69, 9.17) is 21.1 Å². The Balaban J connectivity index is 1.83. The largest absolute Gasteiger partial charge is 0.497 e. The van der Waals surface area contributed by atoms with Gasteiger partial charge in [-0.1, -0.05) is 41.9 Å². The van der Waals surface area contributed by atoms with Crippen molar-refractivity contribution in [3.63, 3.8) is 0 Å². The first-order valence-electron chi connectivity index (χ1n) is 10.1. The van der Waals surface area contributed by atoms with Gasteiger partial charge in [0.15, 0.2) is 0 Å². The number of halogens is 1. The van der Waals surface area contributed by atoms with Crippen molar-refractivity contribution in [3.8, 4) is 5.75 Å². The number of anilines is 1. The highest BCUT2D eigenvalue weighted by Gasteiger charge is 2.24. The fourth-order valence-corrected chi connectivity index (χ4v) is 4.56. The predicted octanol–water partition coefficient (Wildman–Crippen LogP) is 3.79. The van der Waals surface area contributed by atoms with E-state index in [0.29, 0.717) is 21.9 Å². The molecule has 2 N–H and O–H groups in total. The highest BCUT2D eigenvalue weighted by Crippen LogP contribution is 2.23. The summed E-state index contributed by atoms with van der Waals surface area (Å²) in [6.07, 6.45) is -0.00374. The second-order valence-corrected chi connectivity index (χ2v) is 9.33. The van der Waals surface area contributed by atoms with Gasteiger partial charge in [-0.2, -0.15) is 0 Å². The molecule has 178 valence electrons. The molecule has 0 unspecified atom stereocenters. The lowest BCUT2D eigenvalue weighted by Crippen LogP contribution is -2.26. The van der Waals surface area contributed by atoms with Crippen LogP contribution in [0.2, 0.25) is 5.02 Å². The Labute approximate surface area is 202 Å². The van der Waals surface area contributed by atoms with E-state index < -0.39 is 21.9 Å². The van der Waals surface area contributed by atoms with Crippen LogP contribution in [0.4, 0.5) is 5.69 Å². The maximum absolute atomic E-state index is 13.1. The van der Waals surface area contributed by atoms with Crippen molar-refractivity contribution in [2.24, 2.45) is 0 Å². The topological polar surface area (TPSA) is 111 Å². The predicted molar refractivity (Wildman–Crippen MR) is 129 cm³/mol. The number of carbonyl (C=O) groups is 2. The molecular formula is C24H23ClN2O6S. The summed E-state index contributed by atoms with van der Waals surface area (Å²) in [6, 6.07) is 17.7. The van der Waals surface area contributed by atoms with Crippen LogP contribution in [0.25, 0.3) is 0 Å². The second-order valence-electron chi connectivity index (χ2n) is 7.19. The highest BCUT2D eigenvalue weighted by atomic mass is 35.5. The number of carbonyl (C=O) groups excluding carboxylic acids is 2. The molecule has 0 heterocycles. The summed E-state index contributed by atoms with van der Waals surface area (Å²) in [5, 5.41) is 3.09. The molecule has 0 spiro atoms.